The first-order valence-corrected chi connectivity index (χ1v) is 3.46. The summed E-state index contributed by atoms with van der Waals surface area (Å²) in [6, 6.07) is 0. The van der Waals surface area contributed by atoms with E-state index in [2.05, 4.69) is 4.74 Å². The van der Waals surface area contributed by atoms with Crippen molar-refractivity contribution in [2.24, 2.45) is 0 Å². The minimum Gasteiger partial charge on any atom is -0.365 e. The molecule has 0 saturated carbocycles. The van der Waals surface area contributed by atoms with E-state index in [9.17, 15) is 0 Å². The number of aliphatic hydroxyl groups excluding tert-OH is 2. The average molecular weight is 144 g/mol. The van der Waals surface area contributed by atoms with Crippen LogP contribution in [0.25, 0.3) is 0 Å². The molecule has 3 nitrogen and oxygen atoms in total. The number of aliphatic hydroxyl groups is 2. The van der Waals surface area contributed by atoms with E-state index in [1.807, 2.05) is 6.92 Å². The predicted octanol–water partition coefficient (Wildman–Crippen LogP) is 0.380. The van der Waals surface area contributed by atoms with Crippen LogP contribution in [0.2, 0.25) is 0 Å². The Labute approximate surface area is 59.9 Å². The molecule has 0 aromatic carbocycles. The van der Waals surface area contributed by atoms with Crippen molar-refractivity contribution in [3.8, 4) is 0 Å². The smallest absolute Gasteiger partial charge is 0.180 e. The van der Waals surface area contributed by atoms with Gasteiger partial charge in [0.05, 0.1) is 0 Å². The molecule has 0 amide bonds. The summed E-state index contributed by atoms with van der Waals surface area (Å²) in [6.45, 7) is 2.01. The van der Waals surface area contributed by atoms with E-state index in [-0.39, 0.29) is 0 Å². The molecule has 10 heavy (non-hydrogen) atoms. The maximum absolute atomic E-state index is 9.04. The second-order valence-electron chi connectivity index (χ2n) is 2.37. The highest BCUT2D eigenvalue weighted by Crippen LogP contribution is 2.20. The third-order valence-electron chi connectivity index (χ3n) is 1.48. The van der Waals surface area contributed by atoms with Gasteiger partial charge >= 0.3 is 0 Å². The summed E-state index contributed by atoms with van der Waals surface area (Å²) in [5.41, 5.74) is 0.787. The van der Waals surface area contributed by atoms with E-state index >= 15 is 0 Å². The van der Waals surface area contributed by atoms with Gasteiger partial charge in [-0.05, 0) is 18.1 Å². The number of hydrogen-bond acceptors (Lipinski definition) is 3. The van der Waals surface area contributed by atoms with Crippen molar-refractivity contribution in [1.29, 1.82) is 0 Å². The molecular formula is C7H12O3. The van der Waals surface area contributed by atoms with Crippen LogP contribution in [0, 0.1) is 0 Å². The molecule has 1 aliphatic rings. The van der Waals surface area contributed by atoms with Crippen molar-refractivity contribution >= 4 is 0 Å². The van der Waals surface area contributed by atoms with Crippen LogP contribution in [0.5, 0.6) is 0 Å². The zero-order chi connectivity index (χ0) is 7.56. The number of rotatable bonds is 2. The molecule has 0 aromatic heterocycles. The summed E-state index contributed by atoms with van der Waals surface area (Å²) >= 11 is 0. The van der Waals surface area contributed by atoms with E-state index in [0.717, 1.165) is 18.4 Å². The van der Waals surface area contributed by atoms with Crippen molar-refractivity contribution in [3.63, 3.8) is 0 Å². The van der Waals surface area contributed by atoms with Crippen LogP contribution in [-0.4, -0.2) is 22.8 Å². The lowest BCUT2D eigenvalue weighted by Crippen LogP contribution is -2.12. The zero-order valence-electron chi connectivity index (χ0n) is 5.95. The van der Waals surface area contributed by atoms with Crippen LogP contribution in [-0.2, 0) is 4.74 Å². The van der Waals surface area contributed by atoms with Gasteiger partial charge in [-0.25, -0.2) is 0 Å². The van der Waals surface area contributed by atoms with Gasteiger partial charge in [0.15, 0.2) is 12.6 Å². The van der Waals surface area contributed by atoms with E-state index in [4.69, 9.17) is 10.2 Å². The van der Waals surface area contributed by atoms with Gasteiger partial charge in [0.2, 0.25) is 0 Å². The van der Waals surface area contributed by atoms with Crippen molar-refractivity contribution in [2.75, 3.05) is 0 Å². The molecule has 0 saturated heterocycles. The highest BCUT2D eigenvalue weighted by atomic mass is 16.7. The summed E-state index contributed by atoms with van der Waals surface area (Å²) < 4.78 is 4.64. The standard InChI is InChI=1S/C7H12O3/c1-2-3-5-4-6(8)10-7(5)9/h4,6-9H,2-3H2,1H3. The van der Waals surface area contributed by atoms with Crippen molar-refractivity contribution in [2.45, 2.75) is 32.3 Å². The van der Waals surface area contributed by atoms with Gasteiger partial charge in [0.1, 0.15) is 0 Å². The number of hydrogen-bond donors (Lipinski definition) is 2. The maximum Gasteiger partial charge on any atom is 0.180 e. The van der Waals surface area contributed by atoms with Gasteiger partial charge in [-0.2, -0.15) is 0 Å². The summed E-state index contributed by atoms with van der Waals surface area (Å²) in [5.74, 6) is 0. The highest BCUT2D eigenvalue weighted by molar-refractivity contribution is 5.10. The molecule has 3 heteroatoms. The van der Waals surface area contributed by atoms with E-state index < -0.39 is 12.6 Å². The van der Waals surface area contributed by atoms with Gasteiger partial charge in [-0.15, -0.1) is 0 Å². The quantitative estimate of drug-likeness (QED) is 0.551. The lowest BCUT2D eigenvalue weighted by molar-refractivity contribution is -0.151. The molecule has 2 N–H and O–H groups in total. The molecule has 2 unspecified atom stereocenters. The van der Waals surface area contributed by atoms with Gasteiger partial charge in [-0.3, -0.25) is 0 Å². The summed E-state index contributed by atoms with van der Waals surface area (Å²) in [4.78, 5) is 0. The monoisotopic (exact) mass is 144 g/mol. The molecule has 0 radical (unpaired) electrons. The largest absolute Gasteiger partial charge is 0.365 e. The van der Waals surface area contributed by atoms with Crippen LogP contribution < -0.4 is 0 Å². The normalized spacial score (nSPS) is 32.5. The first-order valence-electron chi connectivity index (χ1n) is 3.46. The second kappa shape index (κ2) is 3.14. The fourth-order valence-electron chi connectivity index (χ4n) is 1.02. The fraction of sp³-hybridized carbons (Fsp3) is 0.714. The Hall–Kier alpha value is -0.380. The predicted molar refractivity (Wildman–Crippen MR) is 36.1 cm³/mol. The Morgan fingerprint density at radius 3 is 2.70 bits per heavy atom. The molecule has 1 aliphatic heterocycles. The molecule has 58 valence electrons. The van der Waals surface area contributed by atoms with Crippen LogP contribution in [0.4, 0.5) is 0 Å². The molecule has 1 heterocycles. The molecule has 0 aromatic rings. The highest BCUT2D eigenvalue weighted by Gasteiger charge is 2.21. The van der Waals surface area contributed by atoms with Gasteiger partial charge < -0.3 is 14.9 Å². The van der Waals surface area contributed by atoms with Crippen LogP contribution in [0.15, 0.2) is 11.6 Å². The lowest BCUT2D eigenvalue weighted by Gasteiger charge is -2.06. The third kappa shape index (κ3) is 1.56. The van der Waals surface area contributed by atoms with Gasteiger partial charge in [-0.1, -0.05) is 13.3 Å². The number of ether oxygens (including phenoxy) is 1. The Bertz CT molecular complexity index is 142. The maximum atomic E-state index is 9.04. The topological polar surface area (TPSA) is 49.7 Å². The Morgan fingerprint density at radius 1 is 1.60 bits per heavy atom. The Balaban J connectivity index is 2.48. The summed E-state index contributed by atoms with van der Waals surface area (Å²) in [6.07, 6.45) is 1.51. The fourth-order valence-corrected chi connectivity index (χ4v) is 1.02. The van der Waals surface area contributed by atoms with Crippen LogP contribution >= 0.6 is 0 Å². The molecule has 1 rings (SSSR count). The first-order chi connectivity index (χ1) is 4.74. The molecular weight excluding hydrogens is 132 g/mol. The minimum absolute atomic E-state index is 0.787. The Morgan fingerprint density at radius 2 is 2.30 bits per heavy atom. The van der Waals surface area contributed by atoms with E-state index in [1.165, 1.54) is 0 Å². The third-order valence-corrected chi connectivity index (χ3v) is 1.48. The van der Waals surface area contributed by atoms with Crippen molar-refractivity contribution in [1.82, 2.24) is 0 Å². The molecule has 0 aliphatic carbocycles. The zero-order valence-corrected chi connectivity index (χ0v) is 5.95. The SMILES string of the molecule is CCCC1=CC(O)OC1O. The minimum atomic E-state index is -0.906. The van der Waals surface area contributed by atoms with Crippen LogP contribution in [0.1, 0.15) is 19.8 Å². The summed E-state index contributed by atoms with van der Waals surface area (Å²) in [7, 11) is 0. The second-order valence-corrected chi connectivity index (χ2v) is 2.37. The van der Waals surface area contributed by atoms with Gasteiger partial charge in [0, 0.05) is 0 Å². The average Bonchev–Trinajstić information content (AvgIpc) is 2.13. The Kier molecular flexibility index (Phi) is 2.43. The van der Waals surface area contributed by atoms with Crippen molar-refractivity contribution < 1.29 is 14.9 Å². The molecule has 2 atom stereocenters. The first kappa shape index (κ1) is 7.72. The van der Waals surface area contributed by atoms with Crippen molar-refractivity contribution in [3.05, 3.63) is 11.6 Å². The molecule has 0 spiro atoms. The molecule has 0 bridgehead atoms. The van der Waals surface area contributed by atoms with E-state index in [1.54, 1.807) is 6.08 Å². The van der Waals surface area contributed by atoms with E-state index in [0.29, 0.717) is 0 Å². The summed E-state index contributed by atoms with van der Waals surface area (Å²) in [5, 5.41) is 17.9. The lowest BCUT2D eigenvalue weighted by atomic mass is 10.1. The van der Waals surface area contributed by atoms with Gasteiger partial charge in [0.25, 0.3) is 0 Å². The molecule has 0 fully saturated rings. The van der Waals surface area contributed by atoms with Crippen LogP contribution in [0.3, 0.4) is 0 Å².